The summed E-state index contributed by atoms with van der Waals surface area (Å²) in [4.78, 5) is 33.8. The minimum atomic E-state index is -1.16. The molecular formula is C14H21NO4. The largest absolute Gasteiger partial charge is 0.478 e. The van der Waals surface area contributed by atoms with Gasteiger partial charge in [-0.1, -0.05) is 39.0 Å². The molecule has 0 radical (unpaired) electrons. The van der Waals surface area contributed by atoms with Gasteiger partial charge in [-0.05, 0) is 12.8 Å². The van der Waals surface area contributed by atoms with Gasteiger partial charge in [0.25, 0.3) is 5.91 Å². The van der Waals surface area contributed by atoms with Crippen LogP contribution in [0.4, 0.5) is 0 Å². The topological polar surface area (TPSA) is 83.5 Å². The molecule has 0 saturated heterocycles. The van der Waals surface area contributed by atoms with E-state index in [1.54, 1.807) is 0 Å². The predicted molar refractivity (Wildman–Crippen MR) is 70.4 cm³/mol. The van der Waals surface area contributed by atoms with Gasteiger partial charge in [-0.25, -0.2) is 4.79 Å². The number of unbranched alkanes of at least 4 members (excludes halogenated alkanes) is 5. The van der Waals surface area contributed by atoms with Crippen LogP contribution in [0.25, 0.3) is 0 Å². The Kier molecular flexibility index (Phi) is 6.25. The highest BCUT2D eigenvalue weighted by molar-refractivity contribution is 6.14. The summed E-state index contributed by atoms with van der Waals surface area (Å²) in [6.07, 6.45) is 6.67. The lowest BCUT2D eigenvalue weighted by Gasteiger charge is -2.16. The first-order valence-corrected chi connectivity index (χ1v) is 6.85. The summed E-state index contributed by atoms with van der Waals surface area (Å²) >= 11 is 0. The molecule has 1 aliphatic rings. The lowest BCUT2D eigenvalue weighted by molar-refractivity contribution is -0.136. The highest BCUT2D eigenvalue weighted by atomic mass is 16.4. The number of amides is 2. The summed E-state index contributed by atoms with van der Waals surface area (Å²) in [5, 5.41) is 11.2. The maximum Gasteiger partial charge on any atom is 0.332 e. The molecule has 0 aromatic carbocycles. The lowest BCUT2D eigenvalue weighted by atomic mass is 9.95. The van der Waals surface area contributed by atoms with Crippen molar-refractivity contribution < 1.29 is 19.5 Å². The van der Waals surface area contributed by atoms with E-state index in [4.69, 9.17) is 5.11 Å². The average molecular weight is 267 g/mol. The number of imide groups is 1. The number of carbonyl (C=O) groups excluding carboxylic acids is 2. The molecule has 106 valence electrons. The van der Waals surface area contributed by atoms with Crippen molar-refractivity contribution in [1.29, 1.82) is 0 Å². The third-order valence-corrected chi connectivity index (χ3v) is 3.27. The van der Waals surface area contributed by atoms with E-state index >= 15 is 0 Å². The second-order valence-electron chi connectivity index (χ2n) is 4.83. The van der Waals surface area contributed by atoms with Crippen LogP contribution < -0.4 is 5.32 Å². The Bertz CT molecular complexity index is 398. The first kappa shape index (κ1) is 15.4. The molecule has 2 amide bonds. The van der Waals surface area contributed by atoms with Gasteiger partial charge < -0.3 is 5.11 Å². The Morgan fingerprint density at radius 3 is 2.42 bits per heavy atom. The molecule has 2 N–H and O–H groups in total. The normalized spacial score (nSPS) is 15.6. The van der Waals surface area contributed by atoms with E-state index in [1.807, 2.05) is 0 Å². The van der Waals surface area contributed by atoms with Crippen molar-refractivity contribution in [3.63, 3.8) is 0 Å². The van der Waals surface area contributed by atoms with Crippen molar-refractivity contribution in [3.8, 4) is 0 Å². The molecule has 1 rings (SSSR count). The van der Waals surface area contributed by atoms with Crippen molar-refractivity contribution in [3.05, 3.63) is 11.1 Å². The van der Waals surface area contributed by atoms with E-state index in [-0.39, 0.29) is 17.6 Å². The first-order valence-electron chi connectivity index (χ1n) is 6.85. The van der Waals surface area contributed by atoms with Crippen LogP contribution in [0.2, 0.25) is 0 Å². The van der Waals surface area contributed by atoms with Gasteiger partial charge in [-0.2, -0.15) is 0 Å². The van der Waals surface area contributed by atoms with Crippen LogP contribution in [0.15, 0.2) is 11.1 Å². The van der Waals surface area contributed by atoms with Crippen LogP contribution in [0.1, 0.15) is 58.3 Å². The Hall–Kier alpha value is -1.65. The summed E-state index contributed by atoms with van der Waals surface area (Å²) < 4.78 is 0. The van der Waals surface area contributed by atoms with E-state index in [0.717, 1.165) is 19.3 Å². The van der Waals surface area contributed by atoms with Gasteiger partial charge in [0.1, 0.15) is 0 Å². The number of carboxylic acid groups (broad SMARTS) is 1. The van der Waals surface area contributed by atoms with E-state index < -0.39 is 17.8 Å². The first-order chi connectivity index (χ1) is 9.06. The van der Waals surface area contributed by atoms with E-state index in [9.17, 15) is 14.4 Å². The molecule has 0 aromatic heterocycles. The molecular weight excluding hydrogens is 246 g/mol. The molecule has 5 heteroatoms. The molecule has 0 aromatic rings. The van der Waals surface area contributed by atoms with Crippen LogP contribution in [0.3, 0.4) is 0 Å². The fraction of sp³-hybridized carbons (Fsp3) is 0.643. The van der Waals surface area contributed by atoms with E-state index in [1.165, 1.54) is 19.3 Å². The van der Waals surface area contributed by atoms with Crippen molar-refractivity contribution in [2.24, 2.45) is 0 Å². The number of hydrogen-bond acceptors (Lipinski definition) is 3. The summed E-state index contributed by atoms with van der Waals surface area (Å²) in [5.41, 5.74) is 0.227. The Labute approximate surface area is 113 Å². The molecule has 0 aliphatic carbocycles. The maximum absolute atomic E-state index is 11.6. The average Bonchev–Trinajstić information content (AvgIpc) is 2.34. The van der Waals surface area contributed by atoms with Gasteiger partial charge in [-0.15, -0.1) is 0 Å². The van der Waals surface area contributed by atoms with Gasteiger partial charge in [0.15, 0.2) is 0 Å². The monoisotopic (exact) mass is 267 g/mol. The molecule has 1 heterocycles. The second kappa shape index (κ2) is 7.71. The van der Waals surface area contributed by atoms with Crippen LogP contribution in [-0.4, -0.2) is 22.9 Å². The minimum Gasteiger partial charge on any atom is -0.478 e. The Morgan fingerprint density at radius 1 is 1.16 bits per heavy atom. The molecule has 0 bridgehead atoms. The Morgan fingerprint density at radius 2 is 1.79 bits per heavy atom. The molecule has 1 aliphatic heterocycles. The standard InChI is InChI=1S/C14H21NO4/c1-2-3-4-5-6-7-8-10-11(14(18)19)9-12(16)15-13(10)17/h2-9H2,1H3,(H,18,19)(H,15,16,17). The number of aliphatic carboxylic acids is 1. The number of carboxylic acids is 1. The zero-order valence-corrected chi connectivity index (χ0v) is 11.3. The number of hydrogen-bond donors (Lipinski definition) is 2. The molecule has 0 saturated carbocycles. The number of rotatable bonds is 8. The summed E-state index contributed by atoms with van der Waals surface area (Å²) in [7, 11) is 0. The molecule has 0 atom stereocenters. The van der Waals surface area contributed by atoms with Crippen LogP contribution in [0, 0.1) is 0 Å². The summed E-state index contributed by atoms with van der Waals surface area (Å²) in [5.74, 6) is -2.24. The SMILES string of the molecule is CCCCCCCCC1=C(C(=O)O)CC(=O)NC1=O. The molecule has 0 fully saturated rings. The third kappa shape index (κ3) is 4.85. The van der Waals surface area contributed by atoms with Gasteiger partial charge in [0.2, 0.25) is 5.91 Å². The lowest BCUT2D eigenvalue weighted by Crippen LogP contribution is -2.38. The number of carbonyl (C=O) groups is 3. The van der Waals surface area contributed by atoms with Crippen molar-refractivity contribution in [2.75, 3.05) is 0 Å². The molecule has 5 nitrogen and oxygen atoms in total. The van der Waals surface area contributed by atoms with Crippen LogP contribution in [0.5, 0.6) is 0 Å². The summed E-state index contributed by atoms with van der Waals surface area (Å²) in [6.45, 7) is 2.15. The Balaban J connectivity index is 2.52. The zero-order valence-electron chi connectivity index (χ0n) is 11.3. The zero-order chi connectivity index (χ0) is 14.3. The van der Waals surface area contributed by atoms with E-state index in [0.29, 0.717) is 6.42 Å². The van der Waals surface area contributed by atoms with Gasteiger partial charge in [0, 0.05) is 5.57 Å². The van der Waals surface area contributed by atoms with E-state index in [2.05, 4.69) is 12.2 Å². The van der Waals surface area contributed by atoms with Gasteiger partial charge in [0.05, 0.1) is 12.0 Å². The number of nitrogens with one attached hydrogen (secondary N) is 1. The smallest absolute Gasteiger partial charge is 0.332 e. The third-order valence-electron chi connectivity index (χ3n) is 3.27. The van der Waals surface area contributed by atoms with Crippen LogP contribution in [-0.2, 0) is 14.4 Å². The molecule has 0 spiro atoms. The van der Waals surface area contributed by atoms with Crippen LogP contribution >= 0.6 is 0 Å². The quantitative estimate of drug-likeness (QED) is 0.521. The highest BCUT2D eigenvalue weighted by Crippen LogP contribution is 2.21. The molecule has 19 heavy (non-hydrogen) atoms. The predicted octanol–water partition coefficient (Wildman–Crippen LogP) is 2.16. The summed E-state index contributed by atoms with van der Waals surface area (Å²) in [6, 6.07) is 0. The van der Waals surface area contributed by atoms with Gasteiger partial charge >= 0.3 is 5.97 Å². The van der Waals surface area contributed by atoms with Crippen molar-refractivity contribution in [2.45, 2.75) is 58.3 Å². The fourth-order valence-corrected chi connectivity index (χ4v) is 2.20. The maximum atomic E-state index is 11.6. The minimum absolute atomic E-state index is 0.0395. The molecule has 0 unspecified atom stereocenters. The fourth-order valence-electron chi connectivity index (χ4n) is 2.20. The van der Waals surface area contributed by atoms with Gasteiger partial charge in [-0.3, -0.25) is 14.9 Å². The second-order valence-corrected chi connectivity index (χ2v) is 4.83. The van der Waals surface area contributed by atoms with Crippen molar-refractivity contribution >= 4 is 17.8 Å². The van der Waals surface area contributed by atoms with Crippen molar-refractivity contribution in [1.82, 2.24) is 5.32 Å². The highest BCUT2D eigenvalue weighted by Gasteiger charge is 2.28.